The standard InChI is InChI=1S/C16H20N2O3/c19-15(6-5-14-2-1-11-21-14)17-13-7-9-18(10-8-13)16(20)12-3-4-12/h1-2,5-6,11-13H,3-4,7-10H2,(H,17,19)/b6-5+. The molecule has 112 valence electrons. The first kappa shape index (κ1) is 13.9. The molecule has 1 aromatic rings. The molecule has 1 saturated carbocycles. The van der Waals surface area contributed by atoms with Crippen LogP contribution in [0, 0.1) is 5.92 Å². The number of hydrogen-bond donors (Lipinski definition) is 1. The third kappa shape index (κ3) is 3.74. The Kier molecular flexibility index (Phi) is 4.08. The summed E-state index contributed by atoms with van der Waals surface area (Å²) >= 11 is 0. The van der Waals surface area contributed by atoms with Gasteiger partial charge in [-0.2, -0.15) is 0 Å². The van der Waals surface area contributed by atoms with E-state index in [1.807, 2.05) is 4.90 Å². The first-order valence-corrected chi connectivity index (χ1v) is 7.53. The quantitative estimate of drug-likeness (QED) is 0.859. The van der Waals surface area contributed by atoms with Crippen LogP contribution in [0.25, 0.3) is 6.08 Å². The normalized spacial score (nSPS) is 19.9. The van der Waals surface area contributed by atoms with Crippen molar-refractivity contribution in [2.75, 3.05) is 13.1 Å². The molecule has 0 aromatic carbocycles. The van der Waals surface area contributed by atoms with Gasteiger partial charge < -0.3 is 14.6 Å². The van der Waals surface area contributed by atoms with E-state index in [2.05, 4.69) is 5.32 Å². The minimum Gasteiger partial charge on any atom is -0.465 e. The van der Waals surface area contributed by atoms with Crippen LogP contribution in [0.2, 0.25) is 0 Å². The molecule has 3 rings (SSSR count). The highest BCUT2D eigenvalue weighted by Gasteiger charge is 2.34. The maximum atomic E-state index is 11.9. The molecular weight excluding hydrogens is 268 g/mol. The minimum atomic E-state index is -0.113. The molecule has 1 N–H and O–H groups in total. The maximum Gasteiger partial charge on any atom is 0.244 e. The first-order valence-electron chi connectivity index (χ1n) is 7.53. The fraction of sp³-hybridized carbons (Fsp3) is 0.500. The Bertz CT molecular complexity index is 524. The van der Waals surface area contributed by atoms with Crippen LogP contribution < -0.4 is 5.32 Å². The van der Waals surface area contributed by atoms with Crippen LogP contribution in [0.4, 0.5) is 0 Å². The van der Waals surface area contributed by atoms with Gasteiger partial charge in [-0.25, -0.2) is 0 Å². The van der Waals surface area contributed by atoms with Crippen molar-refractivity contribution in [1.29, 1.82) is 0 Å². The number of hydrogen-bond acceptors (Lipinski definition) is 3. The number of carbonyl (C=O) groups is 2. The van der Waals surface area contributed by atoms with E-state index in [1.165, 1.54) is 6.08 Å². The predicted octanol–water partition coefficient (Wildman–Crippen LogP) is 1.81. The fourth-order valence-electron chi connectivity index (χ4n) is 2.63. The zero-order valence-electron chi connectivity index (χ0n) is 12.0. The molecule has 21 heavy (non-hydrogen) atoms. The molecule has 1 aliphatic heterocycles. The van der Waals surface area contributed by atoms with Gasteiger partial charge in [0, 0.05) is 31.1 Å². The number of furan rings is 1. The number of likely N-dealkylation sites (tertiary alicyclic amines) is 1. The monoisotopic (exact) mass is 288 g/mol. The van der Waals surface area contributed by atoms with Gasteiger partial charge in [0.05, 0.1) is 6.26 Å². The Morgan fingerprint density at radius 3 is 2.62 bits per heavy atom. The highest BCUT2D eigenvalue weighted by atomic mass is 16.3. The highest BCUT2D eigenvalue weighted by Crippen LogP contribution is 2.31. The summed E-state index contributed by atoms with van der Waals surface area (Å²) in [5.41, 5.74) is 0. The Hall–Kier alpha value is -2.04. The molecule has 0 unspecified atom stereocenters. The van der Waals surface area contributed by atoms with Gasteiger partial charge in [0.25, 0.3) is 0 Å². The fourth-order valence-corrected chi connectivity index (χ4v) is 2.63. The molecule has 0 radical (unpaired) electrons. The lowest BCUT2D eigenvalue weighted by Crippen LogP contribution is -2.46. The van der Waals surface area contributed by atoms with Gasteiger partial charge in [-0.3, -0.25) is 9.59 Å². The number of nitrogens with one attached hydrogen (secondary N) is 1. The average Bonchev–Trinajstić information content (AvgIpc) is 3.22. The van der Waals surface area contributed by atoms with E-state index >= 15 is 0 Å². The van der Waals surface area contributed by atoms with Gasteiger partial charge >= 0.3 is 0 Å². The Labute approximate surface area is 124 Å². The summed E-state index contributed by atoms with van der Waals surface area (Å²) in [6, 6.07) is 3.73. The van der Waals surface area contributed by atoms with E-state index in [4.69, 9.17) is 4.42 Å². The highest BCUT2D eigenvalue weighted by molar-refractivity contribution is 5.91. The summed E-state index contributed by atoms with van der Waals surface area (Å²) in [5.74, 6) is 1.14. The Morgan fingerprint density at radius 2 is 2.00 bits per heavy atom. The summed E-state index contributed by atoms with van der Waals surface area (Å²) in [4.78, 5) is 25.7. The second-order valence-corrected chi connectivity index (χ2v) is 5.73. The molecule has 5 nitrogen and oxygen atoms in total. The summed E-state index contributed by atoms with van der Waals surface area (Å²) in [6.07, 6.45) is 8.48. The van der Waals surface area contributed by atoms with Crippen molar-refractivity contribution in [3.05, 3.63) is 30.2 Å². The lowest BCUT2D eigenvalue weighted by atomic mass is 10.0. The predicted molar refractivity (Wildman–Crippen MR) is 78.2 cm³/mol. The maximum absolute atomic E-state index is 11.9. The van der Waals surface area contributed by atoms with E-state index in [0.29, 0.717) is 11.7 Å². The molecule has 0 bridgehead atoms. The molecule has 2 fully saturated rings. The van der Waals surface area contributed by atoms with Crippen molar-refractivity contribution >= 4 is 17.9 Å². The topological polar surface area (TPSA) is 62.6 Å². The van der Waals surface area contributed by atoms with E-state index in [9.17, 15) is 9.59 Å². The van der Waals surface area contributed by atoms with E-state index in [1.54, 1.807) is 24.5 Å². The molecule has 1 saturated heterocycles. The van der Waals surface area contributed by atoms with Crippen molar-refractivity contribution < 1.29 is 14.0 Å². The van der Waals surface area contributed by atoms with Crippen molar-refractivity contribution in [2.45, 2.75) is 31.7 Å². The molecule has 2 aliphatic rings. The lowest BCUT2D eigenvalue weighted by molar-refractivity contribution is -0.133. The SMILES string of the molecule is O=C(/C=C/c1ccco1)NC1CCN(C(=O)C2CC2)CC1. The second-order valence-electron chi connectivity index (χ2n) is 5.73. The molecule has 2 heterocycles. The molecule has 0 atom stereocenters. The smallest absolute Gasteiger partial charge is 0.244 e. The van der Waals surface area contributed by atoms with Gasteiger partial charge in [-0.15, -0.1) is 0 Å². The van der Waals surface area contributed by atoms with Gasteiger partial charge in [-0.05, 0) is 43.9 Å². The largest absolute Gasteiger partial charge is 0.465 e. The third-order valence-electron chi connectivity index (χ3n) is 4.02. The van der Waals surface area contributed by atoms with Crippen LogP contribution in [0.1, 0.15) is 31.4 Å². The van der Waals surface area contributed by atoms with E-state index in [0.717, 1.165) is 38.8 Å². The first-order chi connectivity index (χ1) is 10.2. The van der Waals surface area contributed by atoms with Gasteiger partial charge in [0.15, 0.2) is 0 Å². The zero-order valence-corrected chi connectivity index (χ0v) is 12.0. The van der Waals surface area contributed by atoms with Crippen LogP contribution >= 0.6 is 0 Å². The number of carbonyl (C=O) groups excluding carboxylic acids is 2. The molecule has 1 aliphatic carbocycles. The van der Waals surface area contributed by atoms with Gasteiger partial charge in [0.1, 0.15) is 5.76 Å². The molecule has 2 amide bonds. The Morgan fingerprint density at radius 1 is 1.24 bits per heavy atom. The molecule has 0 spiro atoms. The molecule has 5 heteroatoms. The van der Waals surface area contributed by atoms with E-state index in [-0.39, 0.29) is 17.9 Å². The van der Waals surface area contributed by atoms with Crippen LogP contribution in [0.15, 0.2) is 28.9 Å². The van der Waals surface area contributed by atoms with Crippen LogP contribution in [-0.4, -0.2) is 35.8 Å². The summed E-state index contributed by atoms with van der Waals surface area (Å²) in [5, 5.41) is 2.98. The average molecular weight is 288 g/mol. The number of amides is 2. The zero-order chi connectivity index (χ0) is 14.7. The molecular formula is C16H20N2O3. The van der Waals surface area contributed by atoms with Crippen LogP contribution in [-0.2, 0) is 9.59 Å². The number of rotatable bonds is 4. The number of nitrogens with zero attached hydrogens (tertiary/aromatic N) is 1. The van der Waals surface area contributed by atoms with Crippen molar-refractivity contribution in [1.82, 2.24) is 10.2 Å². The van der Waals surface area contributed by atoms with Crippen molar-refractivity contribution in [3.8, 4) is 0 Å². The van der Waals surface area contributed by atoms with Gasteiger partial charge in [-0.1, -0.05) is 0 Å². The second kappa shape index (κ2) is 6.16. The van der Waals surface area contributed by atoms with Crippen LogP contribution in [0.3, 0.4) is 0 Å². The Balaban J connectivity index is 1.42. The third-order valence-corrected chi connectivity index (χ3v) is 4.02. The van der Waals surface area contributed by atoms with Crippen LogP contribution in [0.5, 0.6) is 0 Å². The molecule has 1 aromatic heterocycles. The summed E-state index contributed by atoms with van der Waals surface area (Å²) in [6.45, 7) is 1.50. The van der Waals surface area contributed by atoms with Crippen molar-refractivity contribution in [3.63, 3.8) is 0 Å². The minimum absolute atomic E-state index is 0.113. The van der Waals surface area contributed by atoms with Gasteiger partial charge in [0.2, 0.25) is 11.8 Å². The summed E-state index contributed by atoms with van der Waals surface area (Å²) in [7, 11) is 0. The lowest BCUT2D eigenvalue weighted by Gasteiger charge is -2.32. The number of piperidine rings is 1. The van der Waals surface area contributed by atoms with E-state index < -0.39 is 0 Å². The van der Waals surface area contributed by atoms with Crippen molar-refractivity contribution in [2.24, 2.45) is 5.92 Å². The summed E-state index contributed by atoms with van der Waals surface area (Å²) < 4.78 is 5.13.